The van der Waals surface area contributed by atoms with Crippen molar-refractivity contribution in [2.75, 3.05) is 19.4 Å². The summed E-state index contributed by atoms with van der Waals surface area (Å²) in [6.45, 7) is 0.718. The average molecular weight is 313 g/mol. The lowest BCUT2D eigenvalue weighted by Gasteiger charge is -2.05. The molecule has 7 heteroatoms. The largest absolute Gasteiger partial charge is 0.305 e. The average Bonchev–Trinajstić information content (AvgIpc) is 2.79. The Labute approximate surface area is 126 Å². The third-order valence-electron chi connectivity index (χ3n) is 2.54. The van der Waals surface area contributed by atoms with E-state index in [1.165, 1.54) is 6.07 Å². The monoisotopic (exact) mass is 312 g/mol. The SMILES string of the molecule is CN(C)Cc1cc(NC(=O)c2ccc(Cl)c(Cl)c2)n[nH]1. The zero-order chi connectivity index (χ0) is 14.7. The van der Waals surface area contributed by atoms with Crippen LogP contribution in [0.2, 0.25) is 10.0 Å². The van der Waals surface area contributed by atoms with Gasteiger partial charge in [-0.1, -0.05) is 23.2 Å². The van der Waals surface area contributed by atoms with Crippen LogP contribution in [-0.2, 0) is 6.54 Å². The molecule has 1 aromatic carbocycles. The molecule has 20 heavy (non-hydrogen) atoms. The van der Waals surface area contributed by atoms with Crippen molar-refractivity contribution in [3.05, 3.63) is 45.6 Å². The van der Waals surface area contributed by atoms with E-state index < -0.39 is 0 Å². The molecule has 0 saturated heterocycles. The van der Waals surface area contributed by atoms with Gasteiger partial charge in [0, 0.05) is 18.2 Å². The van der Waals surface area contributed by atoms with E-state index in [2.05, 4.69) is 15.5 Å². The van der Waals surface area contributed by atoms with Gasteiger partial charge in [0.25, 0.3) is 5.91 Å². The summed E-state index contributed by atoms with van der Waals surface area (Å²) in [6.07, 6.45) is 0. The summed E-state index contributed by atoms with van der Waals surface area (Å²) in [5.41, 5.74) is 1.34. The summed E-state index contributed by atoms with van der Waals surface area (Å²) in [5, 5.41) is 10.3. The molecule has 0 saturated carbocycles. The fraction of sp³-hybridized carbons (Fsp3) is 0.231. The number of anilines is 1. The predicted molar refractivity (Wildman–Crippen MR) is 80.4 cm³/mol. The standard InChI is InChI=1S/C13H14Cl2N4O/c1-19(2)7-9-6-12(18-17-9)16-13(20)8-3-4-10(14)11(15)5-8/h3-6H,7H2,1-2H3,(H2,16,17,18,20). The van der Waals surface area contributed by atoms with E-state index in [0.717, 1.165) is 12.2 Å². The molecule has 0 aliphatic carbocycles. The number of halogens is 2. The number of H-pyrrole nitrogens is 1. The molecule has 0 fully saturated rings. The molecule has 0 unspecified atom stereocenters. The lowest BCUT2D eigenvalue weighted by Crippen LogP contribution is -2.12. The van der Waals surface area contributed by atoms with E-state index in [9.17, 15) is 4.79 Å². The molecule has 0 aliphatic heterocycles. The van der Waals surface area contributed by atoms with Gasteiger partial charge < -0.3 is 10.2 Å². The highest BCUT2D eigenvalue weighted by atomic mass is 35.5. The Balaban J connectivity index is 2.07. The van der Waals surface area contributed by atoms with Crippen molar-refractivity contribution < 1.29 is 4.79 Å². The molecule has 0 radical (unpaired) electrons. The van der Waals surface area contributed by atoms with Gasteiger partial charge in [-0.05, 0) is 32.3 Å². The highest BCUT2D eigenvalue weighted by molar-refractivity contribution is 6.42. The number of carbonyl (C=O) groups is 1. The van der Waals surface area contributed by atoms with Crippen LogP contribution < -0.4 is 5.32 Å². The van der Waals surface area contributed by atoms with Crippen LogP contribution in [0.5, 0.6) is 0 Å². The zero-order valence-corrected chi connectivity index (χ0v) is 12.6. The molecule has 0 bridgehead atoms. The first kappa shape index (κ1) is 14.8. The van der Waals surface area contributed by atoms with Gasteiger partial charge in [-0.25, -0.2) is 0 Å². The van der Waals surface area contributed by atoms with E-state index in [1.54, 1.807) is 18.2 Å². The first-order valence-electron chi connectivity index (χ1n) is 5.91. The van der Waals surface area contributed by atoms with Crippen molar-refractivity contribution in [2.45, 2.75) is 6.54 Å². The zero-order valence-electron chi connectivity index (χ0n) is 11.1. The van der Waals surface area contributed by atoms with Crippen LogP contribution in [0.1, 0.15) is 16.1 Å². The number of hydrogen-bond acceptors (Lipinski definition) is 3. The molecule has 0 atom stereocenters. The molecule has 1 aromatic heterocycles. The highest BCUT2D eigenvalue weighted by Crippen LogP contribution is 2.23. The van der Waals surface area contributed by atoms with Crippen LogP contribution >= 0.6 is 23.2 Å². The Morgan fingerprint density at radius 1 is 1.30 bits per heavy atom. The number of aromatic nitrogens is 2. The summed E-state index contributed by atoms with van der Waals surface area (Å²) in [5.74, 6) is 0.185. The fourth-order valence-corrected chi connectivity index (χ4v) is 1.97. The number of nitrogens with one attached hydrogen (secondary N) is 2. The Kier molecular flexibility index (Phi) is 4.65. The van der Waals surface area contributed by atoms with Crippen LogP contribution in [0.15, 0.2) is 24.3 Å². The van der Waals surface area contributed by atoms with Crippen LogP contribution in [-0.4, -0.2) is 35.1 Å². The molecule has 2 aromatic rings. The molecule has 1 heterocycles. The third kappa shape index (κ3) is 3.72. The smallest absolute Gasteiger partial charge is 0.256 e. The minimum Gasteiger partial charge on any atom is -0.305 e. The summed E-state index contributed by atoms with van der Waals surface area (Å²) in [6, 6.07) is 6.50. The molecule has 2 rings (SSSR count). The van der Waals surface area contributed by atoms with E-state index in [4.69, 9.17) is 23.2 Å². The van der Waals surface area contributed by atoms with Crippen molar-refractivity contribution in [1.82, 2.24) is 15.1 Å². The topological polar surface area (TPSA) is 61.0 Å². The van der Waals surface area contributed by atoms with Crippen molar-refractivity contribution in [1.29, 1.82) is 0 Å². The van der Waals surface area contributed by atoms with Crippen molar-refractivity contribution >= 4 is 34.9 Å². The van der Waals surface area contributed by atoms with Gasteiger partial charge in [-0.15, -0.1) is 0 Å². The van der Waals surface area contributed by atoms with Gasteiger partial charge in [-0.2, -0.15) is 5.10 Å². The summed E-state index contributed by atoms with van der Waals surface area (Å²) in [7, 11) is 3.91. The first-order valence-corrected chi connectivity index (χ1v) is 6.66. The van der Waals surface area contributed by atoms with Crippen molar-refractivity contribution in [3.8, 4) is 0 Å². The van der Waals surface area contributed by atoms with Crippen LogP contribution in [0.25, 0.3) is 0 Å². The number of amides is 1. The van der Waals surface area contributed by atoms with E-state index >= 15 is 0 Å². The summed E-state index contributed by atoms with van der Waals surface area (Å²) in [4.78, 5) is 14.0. The maximum Gasteiger partial charge on any atom is 0.256 e. The van der Waals surface area contributed by atoms with Gasteiger partial charge >= 0.3 is 0 Å². The number of hydrogen-bond donors (Lipinski definition) is 2. The molecule has 106 valence electrons. The Hall–Kier alpha value is -1.56. The van der Waals surface area contributed by atoms with Crippen molar-refractivity contribution in [2.24, 2.45) is 0 Å². The Bertz CT molecular complexity index is 625. The van der Waals surface area contributed by atoms with Gasteiger partial charge in [-0.3, -0.25) is 9.89 Å². The van der Waals surface area contributed by atoms with Crippen LogP contribution in [0, 0.1) is 0 Å². The molecular weight excluding hydrogens is 299 g/mol. The number of aromatic amines is 1. The Morgan fingerprint density at radius 2 is 2.05 bits per heavy atom. The molecule has 5 nitrogen and oxygen atoms in total. The third-order valence-corrected chi connectivity index (χ3v) is 3.28. The first-order chi connectivity index (χ1) is 9.45. The quantitative estimate of drug-likeness (QED) is 0.912. The second-order valence-electron chi connectivity index (χ2n) is 4.60. The van der Waals surface area contributed by atoms with Gasteiger partial charge in [0.2, 0.25) is 0 Å². The maximum absolute atomic E-state index is 12.0. The summed E-state index contributed by atoms with van der Waals surface area (Å²) >= 11 is 11.7. The lowest BCUT2D eigenvalue weighted by molar-refractivity contribution is 0.102. The normalized spacial score (nSPS) is 10.8. The van der Waals surface area contributed by atoms with E-state index in [-0.39, 0.29) is 5.91 Å². The van der Waals surface area contributed by atoms with Crippen molar-refractivity contribution in [3.63, 3.8) is 0 Å². The minimum absolute atomic E-state index is 0.286. The predicted octanol–water partition coefficient (Wildman–Crippen LogP) is 3.03. The lowest BCUT2D eigenvalue weighted by atomic mass is 10.2. The Morgan fingerprint density at radius 3 is 2.70 bits per heavy atom. The number of benzene rings is 1. The van der Waals surface area contributed by atoms with Gasteiger partial charge in [0.05, 0.1) is 15.7 Å². The van der Waals surface area contributed by atoms with Crippen LogP contribution in [0.3, 0.4) is 0 Å². The minimum atomic E-state index is -0.286. The maximum atomic E-state index is 12.0. The van der Waals surface area contributed by atoms with E-state index in [1.807, 2.05) is 19.0 Å². The molecule has 0 aliphatic rings. The van der Waals surface area contributed by atoms with Crippen LogP contribution in [0.4, 0.5) is 5.82 Å². The highest BCUT2D eigenvalue weighted by Gasteiger charge is 2.10. The number of nitrogens with zero attached hydrogens (tertiary/aromatic N) is 2. The van der Waals surface area contributed by atoms with Gasteiger partial charge in [0.1, 0.15) is 0 Å². The molecule has 0 spiro atoms. The summed E-state index contributed by atoms with van der Waals surface area (Å²) < 4.78 is 0. The fourth-order valence-electron chi connectivity index (χ4n) is 1.67. The second-order valence-corrected chi connectivity index (χ2v) is 5.41. The molecule has 2 N–H and O–H groups in total. The number of rotatable bonds is 4. The molecular formula is C13H14Cl2N4O. The second kappa shape index (κ2) is 6.26. The van der Waals surface area contributed by atoms with E-state index in [0.29, 0.717) is 21.4 Å². The number of carbonyl (C=O) groups excluding carboxylic acids is 1. The van der Waals surface area contributed by atoms with Gasteiger partial charge in [0.15, 0.2) is 5.82 Å². The molecule has 1 amide bonds.